The Morgan fingerprint density at radius 3 is 2.53 bits per heavy atom. The van der Waals surface area contributed by atoms with Crippen molar-refractivity contribution in [3.63, 3.8) is 0 Å². The molecule has 7 heteroatoms. The lowest BCUT2D eigenvalue weighted by molar-refractivity contribution is 0.0928. The summed E-state index contributed by atoms with van der Waals surface area (Å²) in [4.78, 5) is 28.3. The standard InChI is InChI=1S/C23H28N4O3/c1-16(2)15-27-23(29)18-9-4-3-8-17(18)21(25-27)22(28)24-14-19(20-10-7-13-30-20)26-11-5-6-12-26/h3-4,7-10,13,16,19H,5-6,11-12,14-15H2,1-2H3,(H,24,28). The van der Waals surface area contributed by atoms with Crippen molar-refractivity contribution in [1.82, 2.24) is 20.0 Å². The lowest BCUT2D eigenvalue weighted by atomic mass is 10.1. The van der Waals surface area contributed by atoms with Crippen LogP contribution >= 0.6 is 0 Å². The van der Waals surface area contributed by atoms with Gasteiger partial charge in [0, 0.05) is 18.5 Å². The second-order valence-electron chi connectivity index (χ2n) is 8.26. The van der Waals surface area contributed by atoms with Crippen LogP contribution in [-0.2, 0) is 6.54 Å². The highest BCUT2D eigenvalue weighted by Crippen LogP contribution is 2.25. The van der Waals surface area contributed by atoms with Crippen molar-refractivity contribution in [2.24, 2.45) is 5.92 Å². The molecule has 1 saturated heterocycles. The van der Waals surface area contributed by atoms with Crippen molar-refractivity contribution >= 4 is 16.7 Å². The number of hydrogen-bond donors (Lipinski definition) is 1. The minimum absolute atomic E-state index is 0.0146. The number of rotatable bonds is 7. The zero-order valence-corrected chi connectivity index (χ0v) is 17.5. The van der Waals surface area contributed by atoms with E-state index < -0.39 is 0 Å². The van der Waals surface area contributed by atoms with E-state index in [4.69, 9.17) is 4.42 Å². The highest BCUT2D eigenvalue weighted by molar-refractivity contribution is 6.04. The fourth-order valence-corrected chi connectivity index (χ4v) is 4.09. The molecule has 30 heavy (non-hydrogen) atoms. The normalized spacial score (nSPS) is 15.7. The van der Waals surface area contributed by atoms with Crippen LogP contribution < -0.4 is 10.9 Å². The second-order valence-corrected chi connectivity index (χ2v) is 8.26. The van der Waals surface area contributed by atoms with E-state index in [1.54, 1.807) is 18.4 Å². The van der Waals surface area contributed by atoms with E-state index in [-0.39, 0.29) is 29.1 Å². The molecule has 3 heterocycles. The molecule has 3 aromatic rings. The Hall–Kier alpha value is -2.93. The smallest absolute Gasteiger partial charge is 0.274 e. The third-order valence-electron chi connectivity index (χ3n) is 5.53. The van der Waals surface area contributed by atoms with Gasteiger partial charge in [-0.05, 0) is 50.0 Å². The second kappa shape index (κ2) is 8.83. The molecule has 1 N–H and O–H groups in total. The predicted octanol–water partition coefficient (Wildman–Crippen LogP) is 3.21. The number of amides is 1. The number of aromatic nitrogens is 2. The van der Waals surface area contributed by atoms with Crippen molar-refractivity contribution in [2.45, 2.75) is 39.3 Å². The minimum atomic E-state index is -0.278. The Morgan fingerprint density at radius 2 is 1.87 bits per heavy atom. The number of benzene rings is 1. The Morgan fingerprint density at radius 1 is 1.13 bits per heavy atom. The summed E-state index contributed by atoms with van der Waals surface area (Å²) in [5.41, 5.74) is 0.117. The zero-order chi connectivity index (χ0) is 21.1. The van der Waals surface area contributed by atoms with Crippen LogP contribution in [0.15, 0.2) is 51.9 Å². The predicted molar refractivity (Wildman–Crippen MR) is 115 cm³/mol. The Balaban J connectivity index is 1.62. The summed E-state index contributed by atoms with van der Waals surface area (Å²) in [6.07, 6.45) is 3.96. The first-order valence-corrected chi connectivity index (χ1v) is 10.6. The first-order chi connectivity index (χ1) is 14.5. The molecule has 1 unspecified atom stereocenters. The molecule has 158 valence electrons. The van der Waals surface area contributed by atoms with Crippen LogP contribution in [0.25, 0.3) is 10.8 Å². The molecule has 1 amide bonds. The molecule has 0 saturated carbocycles. The minimum Gasteiger partial charge on any atom is -0.468 e. The largest absolute Gasteiger partial charge is 0.468 e. The highest BCUT2D eigenvalue weighted by atomic mass is 16.3. The quantitative estimate of drug-likeness (QED) is 0.649. The molecule has 7 nitrogen and oxygen atoms in total. The number of carbonyl (C=O) groups excluding carboxylic acids is 1. The summed E-state index contributed by atoms with van der Waals surface area (Å²) in [7, 11) is 0. The number of furan rings is 1. The Bertz CT molecular complexity index is 1070. The highest BCUT2D eigenvalue weighted by Gasteiger charge is 2.27. The van der Waals surface area contributed by atoms with E-state index in [2.05, 4.69) is 15.3 Å². The molecule has 1 fully saturated rings. The van der Waals surface area contributed by atoms with Crippen LogP contribution in [0, 0.1) is 5.92 Å². The van der Waals surface area contributed by atoms with Crippen molar-refractivity contribution in [1.29, 1.82) is 0 Å². The van der Waals surface area contributed by atoms with E-state index >= 15 is 0 Å². The molecular weight excluding hydrogens is 380 g/mol. The summed E-state index contributed by atoms with van der Waals surface area (Å²) in [6.45, 7) is 6.90. The van der Waals surface area contributed by atoms with Crippen molar-refractivity contribution in [3.05, 3.63) is 64.5 Å². The molecule has 0 spiro atoms. The van der Waals surface area contributed by atoms with E-state index in [0.29, 0.717) is 23.9 Å². The van der Waals surface area contributed by atoms with Gasteiger partial charge in [0.05, 0.1) is 17.7 Å². The molecule has 0 radical (unpaired) electrons. The van der Waals surface area contributed by atoms with Crippen LogP contribution in [-0.4, -0.2) is 40.2 Å². The fraction of sp³-hybridized carbons (Fsp3) is 0.435. The molecular formula is C23H28N4O3. The summed E-state index contributed by atoms with van der Waals surface area (Å²) in [5.74, 6) is 0.810. The van der Waals surface area contributed by atoms with Gasteiger partial charge in [-0.25, -0.2) is 4.68 Å². The number of nitrogens with one attached hydrogen (secondary N) is 1. The van der Waals surface area contributed by atoms with Gasteiger partial charge in [0.2, 0.25) is 0 Å². The van der Waals surface area contributed by atoms with Crippen molar-refractivity contribution in [3.8, 4) is 0 Å². The number of hydrogen-bond acceptors (Lipinski definition) is 5. The van der Waals surface area contributed by atoms with Crippen LogP contribution in [0.5, 0.6) is 0 Å². The third kappa shape index (κ3) is 4.16. The molecule has 2 aromatic heterocycles. The van der Waals surface area contributed by atoms with Gasteiger partial charge >= 0.3 is 0 Å². The topological polar surface area (TPSA) is 80.4 Å². The lowest BCUT2D eigenvalue weighted by Crippen LogP contribution is -2.38. The summed E-state index contributed by atoms with van der Waals surface area (Å²) < 4.78 is 7.05. The van der Waals surface area contributed by atoms with Crippen molar-refractivity contribution in [2.75, 3.05) is 19.6 Å². The maximum atomic E-state index is 13.2. The van der Waals surface area contributed by atoms with Crippen LogP contribution in [0.1, 0.15) is 49.0 Å². The first kappa shape index (κ1) is 20.3. The van der Waals surface area contributed by atoms with Crippen LogP contribution in [0.4, 0.5) is 0 Å². The van der Waals surface area contributed by atoms with E-state index in [1.165, 1.54) is 4.68 Å². The van der Waals surface area contributed by atoms with E-state index in [1.807, 2.05) is 38.1 Å². The van der Waals surface area contributed by atoms with Gasteiger partial charge in [-0.1, -0.05) is 32.0 Å². The first-order valence-electron chi connectivity index (χ1n) is 10.6. The van der Waals surface area contributed by atoms with Gasteiger partial charge in [0.1, 0.15) is 5.76 Å². The van der Waals surface area contributed by atoms with Crippen LogP contribution in [0.3, 0.4) is 0 Å². The summed E-state index contributed by atoms with van der Waals surface area (Å²) in [6, 6.07) is 11.0. The van der Waals surface area contributed by atoms with Gasteiger partial charge in [-0.2, -0.15) is 5.10 Å². The van der Waals surface area contributed by atoms with Gasteiger partial charge in [0.25, 0.3) is 11.5 Å². The number of carbonyl (C=O) groups is 1. The molecule has 1 aliphatic heterocycles. The van der Waals surface area contributed by atoms with Gasteiger partial charge in [0.15, 0.2) is 5.69 Å². The lowest BCUT2D eigenvalue weighted by Gasteiger charge is -2.26. The molecule has 0 aliphatic carbocycles. The zero-order valence-electron chi connectivity index (χ0n) is 17.5. The Labute approximate surface area is 175 Å². The number of nitrogens with zero attached hydrogens (tertiary/aromatic N) is 3. The number of fused-ring (bicyclic) bond motifs is 1. The SMILES string of the molecule is CC(C)Cn1nc(C(=O)NCC(c2ccco2)N2CCCC2)c2ccccc2c1=O. The maximum absolute atomic E-state index is 13.2. The van der Waals surface area contributed by atoms with Gasteiger partial charge < -0.3 is 9.73 Å². The molecule has 0 bridgehead atoms. The van der Waals surface area contributed by atoms with Crippen molar-refractivity contribution < 1.29 is 9.21 Å². The fourth-order valence-electron chi connectivity index (χ4n) is 4.09. The summed E-state index contributed by atoms with van der Waals surface area (Å²) in [5, 5.41) is 8.57. The average Bonchev–Trinajstić information content (AvgIpc) is 3.45. The molecule has 4 rings (SSSR count). The molecule has 1 aliphatic rings. The van der Waals surface area contributed by atoms with Gasteiger partial charge in [-0.15, -0.1) is 0 Å². The Kier molecular flexibility index (Phi) is 5.99. The third-order valence-corrected chi connectivity index (χ3v) is 5.53. The maximum Gasteiger partial charge on any atom is 0.274 e. The molecule has 1 aromatic carbocycles. The average molecular weight is 409 g/mol. The van der Waals surface area contributed by atoms with E-state index in [0.717, 1.165) is 31.7 Å². The summed E-state index contributed by atoms with van der Waals surface area (Å²) >= 11 is 0. The monoisotopic (exact) mass is 408 g/mol. The number of likely N-dealkylation sites (tertiary alicyclic amines) is 1. The molecule has 1 atom stereocenters. The van der Waals surface area contributed by atoms with Crippen LogP contribution in [0.2, 0.25) is 0 Å². The van der Waals surface area contributed by atoms with E-state index in [9.17, 15) is 9.59 Å². The van der Waals surface area contributed by atoms with Gasteiger partial charge in [-0.3, -0.25) is 14.5 Å².